The van der Waals surface area contributed by atoms with Gasteiger partial charge in [-0.3, -0.25) is 4.79 Å². The number of para-hydroxylation sites is 2. The topological polar surface area (TPSA) is 95.6 Å². The van der Waals surface area contributed by atoms with Crippen LogP contribution in [0.1, 0.15) is 38.4 Å². The van der Waals surface area contributed by atoms with Crippen molar-refractivity contribution in [1.29, 1.82) is 0 Å². The fourth-order valence-electron chi connectivity index (χ4n) is 8.91. The van der Waals surface area contributed by atoms with E-state index in [-0.39, 0.29) is 17.3 Å². The average molecular weight is 743 g/mol. The number of nitrogens with one attached hydrogen (secondary N) is 2. The molecule has 0 saturated heterocycles. The molecule has 7 nitrogen and oxygen atoms in total. The van der Waals surface area contributed by atoms with Crippen molar-refractivity contribution in [3.8, 4) is 33.8 Å². The van der Waals surface area contributed by atoms with E-state index in [1.165, 1.54) is 58.3 Å². The fraction of sp³-hybridized carbons (Fsp3) is 0.128. The van der Waals surface area contributed by atoms with Crippen molar-refractivity contribution in [3.63, 3.8) is 0 Å². The number of hydrogen-bond donors (Lipinski definition) is 4. The number of fused-ring (bicyclic) bond motifs is 6. The molecule has 0 bridgehead atoms. The number of aromatic amines is 2. The Morgan fingerprint density at radius 2 is 0.946 bits per heavy atom. The van der Waals surface area contributed by atoms with Crippen molar-refractivity contribution in [2.75, 3.05) is 22.9 Å². The van der Waals surface area contributed by atoms with E-state index in [4.69, 9.17) is 0 Å². The quantitative estimate of drug-likeness (QED) is 0.127. The maximum Gasteiger partial charge on any atom is 0.194 e. The summed E-state index contributed by atoms with van der Waals surface area (Å²) in [5, 5.41) is 25.6. The van der Waals surface area contributed by atoms with Crippen LogP contribution in [0.5, 0.6) is 11.5 Å². The first-order valence-electron chi connectivity index (χ1n) is 18.8. The van der Waals surface area contributed by atoms with Gasteiger partial charge in [0.05, 0.1) is 24.5 Å². The molecule has 2 aromatic heterocycles. The summed E-state index contributed by atoms with van der Waals surface area (Å²) in [5.41, 5.74) is 10.2. The van der Waals surface area contributed by atoms with Crippen molar-refractivity contribution in [3.05, 3.63) is 167 Å². The highest BCUT2D eigenvalue weighted by Crippen LogP contribution is 2.47. The average Bonchev–Trinajstić information content (AvgIpc) is 3.78. The third-order valence-corrected chi connectivity index (χ3v) is 11.5. The van der Waals surface area contributed by atoms with E-state index < -0.39 is 11.6 Å². The number of carbonyl (C=O) groups excluding carboxylic acids is 1. The van der Waals surface area contributed by atoms with Gasteiger partial charge in [0.1, 0.15) is 23.1 Å². The number of phenols is 2. The summed E-state index contributed by atoms with van der Waals surface area (Å²) in [7, 11) is 0. The molecule has 56 heavy (non-hydrogen) atoms. The molecule has 8 aromatic rings. The minimum Gasteiger partial charge on any atom is -0.506 e. The van der Waals surface area contributed by atoms with Crippen LogP contribution < -0.4 is 9.80 Å². The van der Waals surface area contributed by atoms with E-state index in [0.29, 0.717) is 83.8 Å². The molecule has 4 N–H and O–H groups in total. The second-order valence-corrected chi connectivity index (χ2v) is 14.7. The third kappa shape index (κ3) is 5.49. The number of rotatable bonds is 6. The van der Waals surface area contributed by atoms with Crippen molar-refractivity contribution in [2.24, 2.45) is 0 Å². The maximum atomic E-state index is 15.3. The summed E-state index contributed by atoms with van der Waals surface area (Å²) in [6.07, 6.45) is 1.42. The Morgan fingerprint density at radius 1 is 0.536 bits per heavy atom. The molecule has 0 radical (unpaired) electrons. The number of phenolic OH excluding ortho intramolecular Hbond substituents is 2. The Morgan fingerprint density at radius 3 is 1.38 bits per heavy atom. The Kier molecular flexibility index (Phi) is 7.92. The molecule has 0 amide bonds. The van der Waals surface area contributed by atoms with Gasteiger partial charge in [-0.2, -0.15) is 0 Å². The van der Waals surface area contributed by atoms with Gasteiger partial charge in [0.25, 0.3) is 0 Å². The van der Waals surface area contributed by atoms with E-state index in [1.807, 2.05) is 36.4 Å². The van der Waals surface area contributed by atoms with E-state index >= 15 is 4.79 Å². The van der Waals surface area contributed by atoms with E-state index in [0.717, 1.165) is 22.4 Å². The summed E-state index contributed by atoms with van der Waals surface area (Å²) in [4.78, 5) is 26.6. The van der Waals surface area contributed by atoms with Crippen LogP contribution in [0.4, 0.5) is 20.2 Å². The molecule has 2 aliphatic rings. The van der Waals surface area contributed by atoms with E-state index in [9.17, 15) is 19.0 Å². The molecule has 4 heterocycles. The SMILES string of the molecule is O=C(c1ccc(O)c(N2CCc3c([nH]c4ccccc34)C2)c1-c1ccc(F)cc1)c1ccc(O)c(N2CCc3c([nH]c4ccccc34)C2)c1-c1ccc(F)cc1. The highest BCUT2D eigenvalue weighted by atomic mass is 19.1. The van der Waals surface area contributed by atoms with Gasteiger partial charge < -0.3 is 30.0 Å². The molecule has 0 spiro atoms. The van der Waals surface area contributed by atoms with Gasteiger partial charge in [0.2, 0.25) is 0 Å². The highest BCUT2D eigenvalue weighted by Gasteiger charge is 2.32. The molecule has 0 aliphatic carbocycles. The van der Waals surface area contributed by atoms with Gasteiger partial charge in [-0.05, 0) is 95.8 Å². The van der Waals surface area contributed by atoms with E-state index in [2.05, 4.69) is 31.9 Å². The smallest absolute Gasteiger partial charge is 0.194 e. The van der Waals surface area contributed by atoms with Crippen LogP contribution >= 0.6 is 0 Å². The molecular weight excluding hydrogens is 707 g/mol. The van der Waals surface area contributed by atoms with Crippen LogP contribution in [0.25, 0.3) is 44.1 Å². The Bertz CT molecular complexity index is 2650. The maximum absolute atomic E-state index is 15.3. The molecule has 2 aliphatic heterocycles. The number of carbonyl (C=O) groups is 1. The van der Waals surface area contributed by atoms with Crippen LogP contribution in [-0.4, -0.2) is 39.1 Å². The molecular formula is C47H36F2N4O3. The summed E-state index contributed by atoms with van der Waals surface area (Å²) >= 11 is 0. The number of H-pyrrole nitrogens is 2. The molecule has 6 aromatic carbocycles. The summed E-state index contributed by atoms with van der Waals surface area (Å²) < 4.78 is 28.8. The fourth-order valence-corrected chi connectivity index (χ4v) is 8.91. The lowest BCUT2D eigenvalue weighted by Gasteiger charge is -2.33. The Labute approximate surface area is 321 Å². The minimum absolute atomic E-state index is 0.00644. The first kappa shape index (κ1) is 33.7. The second-order valence-electron chi connectivity index (χ2n) is 14.7. The number of hydrogen-bond acceptors (Lipinski definition) is 5. The zero-order valence-electron chi connectivity index (χ0n) is 30.2. The molecule has 0 fully saturated rings. The lowest BCUT2D eigenvalue weighted by molar-refractivity contribution is 0.104. The normalized spacial score (nSPS) is 14.0. The summed E-state index contributed by atoms with van der Waals surface area (Å²) in [5.74, 6) is -1.23. The van der Waals surface area contributed by atoms with Crippen molar-refractivity contribution >= 4 is 39.0 Å². The highest BCUT2D eigenvalue weighted by molar-refractivity contribution is 6.19. The molecule has 0 saturated carbocycles. The molecule has 10 rings (SSSR count). The van der Waals surface area contributed by atoms with Crippen molar-refractivity contribution in [2.45, 2.75) is 25.9 Å². The van der Waals surface area contributed by atoms with Crippen molar-refractivity contribution < 1.29 is 23.8 Å². The zero-order valence-corrected chi connectivity index (χ0v) is 30.2. The third-order valence-electron chi connectivity index (χ3n) is 11.5. The first-order chi connectivity index (χ1) is 27.3. The monoisotopic (exact) mass is 742 g/mol. The van der Waals surface area contributed by atoms with Gasteiger partial charge in [0, 0.05) is 68.5 Å². The number of aromatic hydroxyl groups is 2. The van der Waals surface area contributed by atoms with Crippen LogP contribution in [0.3, 0.4) is 0 Å². The van der Waals surface area contributed by atoms with Crippen molar-refractivity contribution in [1.82, 2.24) is 9.97 Å². The lowest BCUT2D eigenvalue weighted by atomic mass is 9.86. The Balaban J connectivity index is 1.14. The van der Waals surface area contributed by atoms with E-state index in [1.54, 1.807) is 36.4 Å². The number of anilines is 2. The summed E-state index contributed by atoms with van der Waals surface area (Å²) in [6, 6.07) is 34.5. The zero-order chi connectivity index (χ0) is 38.1. The number of benzene rings is 6. The van der Waals surface area contributed by atoms with Gasteiger partial charge in [-0.1, -0.05) is 60.7 Å². The summed E-state index contributed by atoms with van der Waals surface area (Å²) in [6.45, 7) is 2.06. The second kappa shape index (κ2) is 13.2. The first-order valence-corrected chi connectivity index (χ1v) is 18.8. The number of halogens is 2. The van der Waals surface area contributed by atoms with Crippen LogP contribution in [0.2, 0.25) is 0 Å². The molecule has 0 unspecified atom stereocenters. The number of ketones is 1. The predicted octanol–water partition coefficient (Wildman–Crippen LogP) is 10.0. The number of aromatic nitrogens is 2. The molecule has 0 atom stereocenters. The largest absolute Gasteiger partial charge is 0.506 e. The standard InChI is InChI=1S/C47H36F2N4O3/c48-29-13-9-27(10-14-29)43-35(17-19-41(54)45(43)52-23-21-33-31-5-1-3-7-37(31)50-39(33)25-52)47(56)36-18-20-42(55)46(44(36)28-11-15-30(49)16-12-28)53-24-22-34-32-6-2-4-8-38(32)51-40(34)26-53/h1-20,50-51,54-55H,21-26H2. The lowest BCUT2D eigenvalue weighted by Crippen LogP contribution is -2.31. The number of nitrogens with zero attached hydrogens (tertiary/aromatic N) is 2. The predicted molar refractivity (Wildman–Crippen MR) is 217 cm³/mol. The molecule has 9 heteroatoms. The van der Waals surface area contributed by atoms with Gasteiger partial charge >= 0.3 is 0 Å². The van der Waals surface area contributed by atoms with Crippen LogP contribution in [0, 0.1) is 11.6 Å². The van der Waals surface area contributed by atoms with Crippen LogP contribution in [-0.2, 0) is 25.9 Å². The Hall–Kier alpha value is -6.87. The van der Waals surface area contributed by atoms with Crippen LogP contribution in [0.15, 0.2) is 121 Å². The van der Waals surface area contributed by atoms with Gasteiger partial charge in [-0.25, -0.2) is 8.78 Å². The van der Waals surface area contributed by atoms with Gasteiger partial charge in [-0.15, -0.1) is 0 Å². The van der Waals surface area contributed by atoms with Gasteiger partial charge in [0.15, 0.2) is 5.78 Å². The minimum atomic E-state index is -0.426. The molecule has 276 valence electrons.